The first-order chi connectivity index (χ1) is 12.5. The SMILES string of the molecule is Cc1cc(C)cc(OCCCn2nnc(-c3ccc(C(N)=O)cc3)n2)c1. The first-order valence-electron chi connectivity index (χ1n) is 8.40. The molecule has 0 saturated heterocycles. The average molecular weight is 351 g/mol. The Balaban J connectivity index is 1.53. The third kappa shape index (κ3) is 4.44. The number of nitrogens with two attached hydrogens (primary N) is 1. The Morgan fingerprint density at radius 3 is 2.46 bits per heavy atom. The predicted molar refractivity (Wildman–Crippen MR) is 97.8 cm³/mol. The molecule has 0 spiro atoms. The van der Waals surface area contributed by atoms with Crippen LogP contribution in [0.1, 0.15) is 27.9 Å². The van der Waals surface area contributed by atoms with Crippen LogP contribution < -0.4 is 10.5 Å². The van der Waals surface area contributed by atoms with E-state index in [1.54, 1.807) is 29.1 Å². The Bertz CT molecular complexity index is 882. The van der Waals surface area contributed by atoms with E-state index in [1.807, 2.05) is 12.1 Å². The monoisotopic (exact) mass is 351 g/mol. The zero-order valence-corrected chi connectivity index (χ0v) is 14.8. The highest BCUT2D eigenvalue weighted by Gasteiger charge is 2.07. The highest BCUT2D eigenvalue weighted by molar-refractivity contribution is 5.93. The minimum atomic E-state index is -0.461. The summed E-state index contributed by atoms with van der Waals surface area (Å²) in [7, 11) is 0. The van der Waals surface area contributed by atoms with Gasteiger partial charge in [0.15, 0.2) is 0 Å². The average Bonchev–Trinajstić information content (AvgIpc) is 3.07. The van der Waals surface area contributed by atoms with E-state index >= 15 is 0 Å². The van der Waals surface area contributed by atoms with E-state index in [1.165, 1.54) is 11.1 Å². The van der Waals surface area contributed by atoms with Gasteiger partial charge in [0.1, 0.15) is 5.75 Å². The quantitative estimate of drug-likeness (QED) is 0.660. The van der Waals surface area contributed by atoms with Crippen molar-refractivity contribution in [1.29, 1.82) is 0 Å². The second-order valence-corrected chi connectivity index (χ2v) is 6.18. The van der Waals surface area contributed by atoms with Crippen molar-refractivity contribution in [3.63, 3.8) is 0 Å². The maximum Gasteiger partial charge on any atom is 0.248 e. The molecule has 0 atom stereocenters. The molecule has 3 aromatic rings. The molecule has 0 aliphatic rings. The number of benzene rings is 2. The second-order valence-electron chi connectivity index (χ2n) is 6.18. The molecule has 1 heterocycles. The smallest absolute Gasteiger partial charge is 0.248 e. The van der Waals surface area contributed by atoms with Crippen LogP contribution in [-0.4, -0.2) is 32.7 Å². The molecule has 0 bridgehead atoms. The van der Waals surface area contributed by atoms with Crippen molar-refractivity contribution in [1.82, 2.24) is 20.2 Å². The summed E-state index contributed by atoms with van der Waals surface area (Å²) in [5.41, 5.74) is 8.84. The van der Waals surface area contributed by atoms with Crippen molar-refractivity contribution in [3.05, 3.63) is 59.2 Å². The van der Waals surface area contributed by atoms with Gasteiger partial charge >= 0.3 is 0 Å². The van der Waals surface area contributed by atoms with Crippen molar-refractivity contribution in [3.8, 4) is 17.1 Å². The van der Waals surface area contributed by atoms with E-state index in [0.717, 1.165) is 17.7 Å². The number of aromatic nitrogens is 4. The minimum absolute atomic E-state index is 0.449. The third-order valence-corrected chi connectivity index (χ3v) is 3.85. The van der Waals surface area contributed by atoms with Gasteiger partial charge in [0, 0.05) is 17.5 Å². The van der Waals surface area contributed by atoms with Crippen molar-refractivity contribution in [2.24, 2.45) is 5.73 Å². The van der Waals surface area contributed by atoms with Crippen LogP contribution in [-0.2, 0) is 6.54 Å². The van der Waals surface area contributed by atoms with Gasteiger partial charge in [-0.1, -0.05) is 18.2 Å². The van der Waals surface area contributed by atoms with Gasteiger partial charge in [-0.25, -0.2) is 0 Å². The molecular weight excluding hydrogens is 330 g/mol. The van der Waals surface area contributed by atoms with Crippen molar-refractivity contribution >= 4 is 5.91 Å². The molecule has 3 rings (SSSR count). The Hall–Kier alpha value is -3.22. The van der Waals surface area contributed by atoms with E-state index in [-0.39, 0.29) is 0 Å². The van der Waals surface area contributed by atoms with Crippen LogP contribution in [0.2, 0.25) is 0 Å². The van der Waals surface area contributed by atoms with Gasteiger partial charge in [-0.15, -0.1) is 10.2 Å². The molecule has 2 aromatic carbocycles. The second kappa shape index (κ2) is 7.77. The summed E-state index contributed by atoms with van der Waals surface area (Å²) in [4.78, 5) is 12.6. The zero-order valence-electron chi connectivity index (χ0n) is 14.8. The standard InChI is InChI=1S/C19H21N5O2/c1-13-10-14(2)12-17(11-13)26-9-3-8-24-22-19(21-23-24)16-6-4-15(5-7-16)18(20)25/h4-7,10-12H,3,8-9H2,1-2H3,(H2,20,25). The topological polar surface area (TPSA) is 95.9 Å². The molecule has 0 radical (unpaired) electrons. The van der Waals surface area contributed by atoms with Crippen LogP contribution in [0, 0.1) is 13.8 Å². The molecular formula is C19H21N5O2. The maximum absolute atomic E-state index is 11.1. The van der Waals surface area contributed by atoms with Gasteiger partial charge in [-0.3, -0.25) is 4.79 Å². The van der Waals surface area contributed by atoms with Crippen molar-refractivity contribution in [2.45, 2.75) is 26.8 Å². The molecule has 0 fully saturated rings. The Morgan fingerprint density at radius 2 is 1.81 bits per heavy atom. The van der Waals surface area contributed by atoms with Gasteiger partial charge in [0.05, 0.1) is 13.2 Å². The number of aryl methyl sites for hydroxylation is 3. The summed E-state index contributed by atoms with van der Waals surface area (Å²) in [6, 6.07) is 13.0. The number of ether oxygens (including phenoxy) is 1. The number of hydrogen-bond acceptors (Lipinski definition) is 5. The maximum atomic E-state index is 11.1. The van der Waals surface area contributed by atoms with Crippen LogP contribution in [0.15, 0.2) is 42.5 Å². The molecule has 7 nitrogen and oxygen atoms in total. The fourth-order valence-electron chi connectivity index (χ4n) is 2.65. The van der Waals surface area contributed by atoms with Crippen LogP contribution in [0.3, 0.4) is 0 Å². The highest BCUT2D eigenvalue weighted by Crippen LogP contribution is 2.17. The number of amides is 1. The lowest BCUT2D eigenvalue weighted by Crippen LogP contribution is -2.10. The summed E-state index contributed by atoms with van der Waals surface area (Å²) in [6.07, 6.45) is 0.767. The molecule has 2 N–H and O–H groups in total. The Labute approximate surface area is 151 Å². The summed E-state index contributed by atoms with van der Waals surface area (Å²) < 4.78 is 5.78. The summed E-state index contributed by atoms with van der Waals surface area (Å²) in [5.74, 6) is 0.928. The minimum Gasteiger partial charge on any atom is -0.494 e. The van der Waals surface area contributed by atoms with Crippen LogP contribution in [0.5, 0.6) is 5.75 Å². The highest BCUT2D eigenvalue weighted by atomic mass is 16.5. The third-order valence-electron chi connectivity index (χ3n) is 3.85. The molecule has 26 heavy (non-hydrogen) atoms. The van der Waals surface area contributed by atoms with E-state index in [2.05, 4.69) is 35.3 Å². The summed E-state index contributed by atoms with van der Waals surface area (Å²) >= 11 is 0. The first-order valence-corrected chi connectivity index (χ1v) is 8.40. The van der Waals surface area contributed by atoms with Crippen LogP contribution >= 0.6 is 0 Å². The molecule has 1 aromatic heterocycles. The van der Waals surface area contributed by atoms with E-state index in [0.29, 0.717) is 24.5 Å². The number of carbonyl (C=O) groups is 1. The number of hydrogen-bond donors (Lipinski definition) is 1. The number of primary amides is 1. The Kier molecular flexibility index (Phi) is 5.26. The molecule has 0 unspecified atom stereocenters. The van der Waals surface area contributed by atoms with Gasteiger partial charge in [0.2, 0.25) is 11.7 Å². The number of nitrogens with zero attached hydrogens (tertiary/aromatic N) is 4. The van der Waals surface area contributed by atoms with E-state index < -0.39 is 5.91 Å². The Morgan fingerprint density at radius 1 is 1.12 bits per heavy atom. The predicted octanol–water partition coefficient (Wildman–Crippen LogP) is 2.52. The molecule has 0 saturated carbocycles. The van der Waals surface area contributed by atoms with Gasteiger partial charge < -0.3 is 10.5 Å². The van der Waals surface area contributed by atoms with Crippen LogP contribution in [0.25, 0.3) is 11.4 Å². The van der Waals surface area contributed by atoms with Crippen molar-refractivity contribution < 1.29 is 9.53 Å². The number of tetrazole rings is 1. The van der Waals surface area contributed by atoms with Gasteiger partial charge in [0.25, 0.3) is 0 Å². The normalized spacial score (nSPS) is 10.7. The number of carbonyl (C=O) groups excluding carboxylic acids is 1. The molecule has 7 heteroatoms. The molecule has 0 aliphatic carbocycles. The molecule has 134 valence electrons. The van der Waals surface area contributed by atoms with E-state index in [9.17, 15) is 4.79 Å². The number of rotatable bonds is 7. The van der Waals surface area contributed by atoms with Crippen molar-refractivity contribution in [2.75, 3.05) is 6.61 Å². The zero-order chi connectivity index (χ0) is 18.5. The lowest BCUT2D eigenvalue weighted by molar-refractivity contribution is 0.100. The van der Waals surface area contributed by atoms with Gasteiger partial charge in [-0.2, -0.15) is 4.80 Å². The summed E-state index contributed by atoms with van der Waals surface area (Å²) in [5, 5.41) is 12.4. The largest absolute Gasteiger partial charge is 0.494 e. The summed E-state index contributed by atoms with van der Waals surface area (Å²) in [6.45, 7) is 5.29. The fraction of sp³-hybridized carbons (Fsp3) is 0.263. The molecule has 0 aliphatic heterocycles. The first kappa shape index (κ1) is 17.6. The van der Waals surface area contributed by atoms with Crippen LogP contribution in [0.4, 0.5) is 0 Å². The fourth-order valence-corrected chi connectivity index (χ4v) is 2.65. The van der Waals surface area contributed by atoms with E-state index in [4.69, 9.17) is 10.5 Å². The molecule has 1 amide bonds. The lowest BCUT2D eigenvalue weighted by atomic mass is 10.1. The lowest BCUT2D eigenvalue weighted by Gasteiger charge is -2.07. The van der Waals surface area contributed by atoms with Gasteiger partial charge in [-0.05, 0) is 54.5 Å².